The molecule has 42 heavy (non-hydrogen) atoms. The second kappa shape index (κ2) is 12.9. The average molecular weight is 593 g/mol. The fourth-order valence-corrected chi connectivity index (χ4v) is 6.00. The van der Waals surface area contributed by atoms with E-state index in [0.29, 0.717) is 30.9 Å². The Hall–Kier alpha value is -4.63. The molecular weight excluding hydrogens is 564 g/mol. The highest BCUT2D eigenvalue weighted by Crippen LogP contribution is 2.40. The third kappa shape index (κ3) is 6.80. The van der Waals surface area contributed by atoms with Crippen molar-refractivity contribution in [2.45, 2.75) is 44.5 Å². The zero-order chi connectivity index (χ0) is 29.6. The van der Waals surface area contributed by atoms with Crippen molar-refractivity contribution in [3.05, 3.63) is 83.3 Å². The molecule has 5 rings (SSSR count). The van der Waals surface area contributed by atoms with Gasteiger partial charge in [-0.2, -0.15) is 0 Å². The number of carboxylic acid groups (broad SMARTS) is 1. The number of nitrogens with one attached hydrogen (secondary N) is 1. The third-order valence-electron chi connectivity index (χ3n) is 6.52. The summed E-state index contributed by atoms with van der Waals surface area (Å²) in [6.45, 7) is 2.38. The Morgan fingerprint density at radius 3 is 2.33 bits per heavy atom. The van der Waals surface area contributed by atoms with Gasteiger partial charge in [0.25, 0.3) is 5.91 Å². The topological polar surface area (TPSA) is 173 Å². The van der Waals surface area contributed by atoms with Gasteiger partial charge in [-0.25, -0.2) is 9.48 Å². The molecule has 1 unspecified atom stereocenters. The Kier molecular flexibility index (Phi) is 8.88. The van der Waals surface area contributed by atoms with Crippen molar-refractivity contribution in [1.29, 1.82) is 0 Å². The summed E-state index contributed by atoms with van der Waals surface area (Å²) in [5, 5.41) is 20.1. The zero-order valence-electron chi connectivity index (χ0n) is 22.6. The van der Waals surface area contributed by atoms with Gasteiger partial charge < -0.3 is 15.2 Å². The number of nitrogens with zero attached hydrogens (tertiary/aromatic N) is 7. The van der Waals surface area contributed by atoms with E-state index in [0.717, 1.165) is 16.3 Å². The summed E-state index contributed by atoms with van der Waals surface area (Å²) in [7, 11) is 0. The molecule has 0 bridgehead atoms. The van der Waals surface area contributed by atoms with Gasteiger partial charge in [-0.3, -0.25) is 34.2 Å². The van der Waals surface area contributed by atoms with Crippen LogP contribution in [-0.4, -0.2) is 87.4 Å². The molecule has 0 spiro atoms. The second-order valence-corrected chi connectivity index (χ2v) is 10.8. The van der Waals surface area contributed by atoms with Crippen molar-refractivity contribution < 1.29 is 29.0 Å². The second-order valence-electron chi connectivity index (χ2n) is 9.69. The van der Waals surface area contributed by atoms with E-state index in [1.807, 2.05) is 36.4 Å². The first kappa shape index (κ1) is 28.9. The van der Waals surface area contributed by atoms with Gasteiger partial charge in [0.15, 0.2) is 0 Å². The predicted molar refractivity (Wildman–Crippen MR) is 148 cm³/mol. The maximum Gasteiger partial charge on any atom is 0.352 e. The fraction of sp³-hybridized carbons (Fsp3) is 0.333. The van der Waals surface area contributed by atoms with E-state index in [4.69, 9.17) is 4.74 Å². The quantitative estimate of drug-likeness (QED) is 0.222. The number of fused-ring (bicyclic) bond motifs is 1. The van der Waals surface area contributed by atoms with Gasteiger partial charge in [-0.15, -0.1) is 16.9 Å². The Morgan fingerprint density at radius 1 is 1.07 bits per heavy atom. The number of esters is 1. The number of β-lactam (4-membered cyclic amide) rings is 1. The Bertz CT molecular complexity index is 1460. The normalized spacial score (nSPS) is 18.0. The van der Waals surface area contributed by atoms with Crippen LogP contribution in [0.15, 0.2) is 66.3 Å². The molecule has 1 fully saturated rings. The molecule has 2 aliphatic rings. The lowest BCUT2D eigenvalue weighted by molar-refractivity contribution is -0.151. The zero-order valence-corrected chi connectivity index (χ0v) is 23.4. The average Bonchev–Trinajstić information content (AvgIpc) is 3.41. The molecule has 218 valence electrons. The molecule has 3 aromatic rings. The van der Waals surface area contributed by atoms with Crippen LogP contribution in [0.3, 0.4) is 0 Å². The van der Waals surface area contributed by atoms with Gasteiger partial charge in [-0.05, 0) is 24.3 Å². The van der Waals surface area contributed by atoms with Crippen LogP contribution in [0.1, 0.15) is 24.0 Å². The number of rotatable bonds is 12. The monoisotopic (exact) mass is 592 g/mol. The summed E-state index contributed by atoms with van der Waals surface area (Å²) in [6.07, 6.45) is 5.14. The first-order valence-electron chi connectivity index (χ1n) is 13.0. The summed E-state index contributed by atoms with van der Waals surface area (Å²) in [6, 6.07) is 10.6. The molecule has 3 aromatic heterocycles. The number of aromatic nitrogens is 5. The molecule has 5 heterocycles. The number of ether oxygens (including phenoxy) is 1. The van der Waals surface area contributed by atoms with E-state index in [1.165, 1.54) is 23.4 Å². The lowest BCUT2D eigenvalue weighted by Gasteiger charge is -2.49. The number of pyridine rings is 2. The maximum atomic E-state index is 12.9. The number of amides is 2. The number of hydrogen-bond donors (Lipinski definition) is 2. The molecule has 0 aliphatic carbocycles. The van der Waals surface area contributed by atoms with Gasteiger partial charge in [0.2, 0.25) is 5.91 Å². The van der Waals surface area contributed by atoms with Crippen molar-refractivity contribution in [3.63, 3.8) is 0 Å². The lowest BCUT2D eigenvalue weighted by Crippen LogP contribution is -2.70. The minimum absolute atomic E-state index is 0.173. The molecule has 2 amide bonds. The summed E-state index contributed by atoms with van der Waals surface area (Å²) in [4.78, 5) is 60.8. The first-order chi connectivity index (χ1) is 20.3. The van der Waals surface area contributed by atoms with Gasteiger partial charge >= 0.3 is 11.9 Å². The van der Waals surface area contributed by atoms with Crippen molar-refractivity contribution in [2.24, 2.45) is 0 Å². The SMILES string of the molecule is CC(=O)OCC1=C(C(=O)O)N2C(=O)[C@@H](NC(=O)Cn3cc(CN(Cc4ccccn4)Cc4ccccn4)nn3)C2SC1. The van der Waals surface area contributed by atoms with Crippen molar-refractivity contribution in [3.8, 4) is 0 Å². The molecule has 2 aliphatic heterocycles. The first-order valence-corrected chi connectivity index (χ1v) is 14.1. The Morgan fingerprint density at radius 2 is 1.74 bits per heavy atom. The highest BCUT2D eigenvalue weighted by atomic mass is 32.2. The van der Waals surface area contributed by atoms with Crippen LogP contribution >= 0.6 is 11.8 Å². The van der Waals surface area contributed by atoms with Gasteiger partial charge in [0.1, 0.15) is 30.3 Å². The molecule has 2 N–H and O–H groups in total. The summed E-state index contributed by atoms with van der Waals surface area (Å²) >= 11 is 1.29. The van der Waals surface area contributed by atoms with E-state index >= 15 is 0 Å². The van der Waals surface area contributed by atoms with E-state index in [1.54, 1.807) is 18.6 Å². The minimum Gasteiger partial charge on any atom is -0.477 e. The molecular formula is C27H28N8O6S. The van der Waals surface area contributed by atoms with Crippen LogP contribution in [0.2, 0.25) is 0 Å². The lowest BCUT2D eigenvalue weighted by atomic mass is 10.0. The molecule has 0 aromatic carbocycles. The maximum absolute atomic E-state index is 12.9. The van der Waals surface area contributed by atoms with Crippen molar-refractivity contribution in [2.75, 3.05) is 12.4 Å². The van der Waals surface area contributed by atoms with Crippen LogP contribution in [0.5, 0.6) is 0 Å². The van der Waals surface area contributed by atoms with Crippen LogP contribution < -0.4 is 5.32 Å². The fourth-order valence-electron chi connectivity index (χ4n) is 4.68. The van der Waals surface area contributed by atoms with E-state index < -0.39 is 35.2 Å². The molecule has 1 saturated heterocycles. The highest BCUT2D eigenvalue weighted by molar-refractivity contribution is 8.00. The standard InChI is InChI=1S/C27H28N8O6S/c1-17(36)41-15-18-16-42-26-23(25(38)35(26)24(18)27(39)40)30-22(37)14-34-13-21(31-32-34)12-33(10-19-6-2-4-8-28-19)11-20-7-3-5-9-29-20/h2-9,13,23,26H,10-12,14-16H2,1H3,(H,30,37)(H,39,40)/t23-,26?/m1/s1. The van der Waals surface area contributed by atoms with Crippen LogP contribution in [-0.2, 0) is 50.1 Å². The third-order valence-corrected chi connectivity index (χ3v) is 7.86. The number of thioether (sulfide) groups is 1. The van der Waals surface area contributed by atoms with Gasteiger partial charge in [0, 0.05) is 50.3 Å². The van der Waals surface area contributed by atoms with Gasteiger partial charge in [0.05, 0.1) is 23.3 Å². The summed E-state index contributed by atoms with van der Waals surface area (Å²) in [5.41, 5.74) is 2.53. The molecule has 15 heteroatoms. The Balaban J connectivity index is 1.19. The van der Waals surface area contributed by atoms with E-state index in [-0.39, 0.29) is 24.6 Å². The molecule has 0 radical (unpaired) electrons. The number of carbonyl (C=O) groups excluding carboxylic acids is 3. The van der Waals surface area contributed by atoms with Crippen molar-refractivity contribution >= 4 is 35.5 Å². The highest BCUT2D eigenvalue weighted by Gasteiger charge is 2.54. The largest absolute Gasteiger partial charge is 0.477 e. The van der Waals surface area contributed by atoms with Crippen LogP contribution in [0, 0.1) is 0 Å². The summed E-state index contributed by atoms with van der Waals surface area (Å²) < 4.78 is 6.33. The molecule has 0 saturated carbocycles. The Labute approximate surface area is 244 Å². The van der Waals surface area contributed by atoms with Gasteiger partial charge in [-0.1, -0.05) is 17.3 Å². The predicted octanol–water partition coefficient (Wildman–Crippen LogP) is 0.572. The van der Waals surface area contributed by atoms with E-state index in [2.05, 4.69) is 30.5 Å². The molecule has 2 atom stereocenters. The van der Waals surface area contributed by atoms with Crippen molar-refractivity contribution in [1.82, 2.24) is 40.1 Å². The number of aliphatic carboxylic acids is 1. The molecule has 14 nitrogen and oxygen atoms in total. The number of hydrogen-bond acceptors (Lipinski definition) is 11. The minimum atomic E-state index is -1.30. The summed E-state index contributed by atoms with van der Waals surface area (Å²) in [5.74, 6) is -2.61. The van der Waals surface area contributed by atoms with Crippen LogP contribution in [0.25, 0.3) is 0 Å². The number of carbonyl (C=O) groups is 4. The number of carboxylic acids is 1. The van der Waals surface area contributed by atoms with E-state index in [9.17, 15) is 24.3 Å². The van der Waals surface area contributed by atoms with Crippen LogP contribution in [0.4, 0.5) is 0 Å². The smallest absolute Gasteiger partial charge is 0.352 e.